The zero-order valence-electron chi connectivity index (χ0n) is 25.7. The van der Waals surface area contributed by atoms with Crippen LogP contribution in [0.5, 0.6) is 17.2 Å². The van der Waals surface area contributed by atoms with E-state index in [1.807, 2.05) is 75.5 Å². The quantitative estimate of drug-likeness (QED) is 0.225. The van der Waals surface area contributed by atoms with Crippen molar-refractivity contribution < 1.29 is 23.8 Å². The molecule has 0 bridgehead atoms. The van der Waals surface area contributed by atoms with E-state index in [1.54, 1.807) is 17.0 Å². The van der Waals surface area contributed by atoms with Crippen LogP contribution in [0.3, 0.4) is 0 Å². The Bertz CT molecular complexity index is 1520. The third-order valence-electron chi connectivity index (χ3n) is 7.13. The van der Waals surface area contributed by atoms with Crippen molar-refractivity contribution in [2.75, 3.05) is 26.2 Å². The van der Waals surface area contributed by atoms with Crippen LogP contribution in [0.1, 0.15) is 63.3 Å². The normalized spacial score (nSPS) is 12.2. The van der Waals surface area contributed by atoms with E-state index in [0.29, 0.717) is 34.4 Å². The first kappa shape index (κ1) is 30.5. The van der Waals surface area contributed by atoms with Gasteiger partial charge in [-0.3, -0.25) is 14.5 Å². The predicted octanol–water partition coefficient (Wildman–Crippen LogP) is 6.55. The molecular formula is C34H41N3O5. The summed E-state index contributed by atoms with van der Waals surface area (Å²) in [6, 6.07) is 18.1. The molecule has 2 N–H and O–H groups in total. The highest BCUT2D eigenvalue weighted by Crippen LogP contribution is 2.42. The van der Waals surface area contributed by atoms with E-state index in [-0.39, 0.29) is 18.2 Å². The number of para-hydroxylation sites is 1. The fourth-order valence-corrected chi connectivity index (χ4v) is 5.10. The standard InChI is InChI=1S/C34H41N3O5/c1-21(2)22-13-15-25(16-14-22)37(30(38)19-24-20-35-27-12-10-9-11-26(24)27)31(33(39)36-34(3,4)5)23-17-28(40-6)32(42-8)29(18-23)41-7/h9-18,20-21,31,35H,19H2,1-8H3,(H,36,39). The first-order chi connectivity index (χ1) is 20.0. The Kier molecular flexibility index (Phi) is 9.14. The van der Waals surface area contributed by atoms with Crippen molar-refractivity contribution in [1.29, 1.82) is 0 Å². The van der Waals surface area contributed by atoms with Gasteiger partial charge in [-0.15, -0.1) is 0 Å². The van der Waals surface area contributed by atoms with Crippen LogP contribution in [0.25, 0.3) is 10.9 Å². The second-order valence-corrected chi connectivity index (χ2v) is 11.6. The maximum atomic E-state index is 14.4. The molecule has 222 valence electrons. The summed E-state index contributed by atoms with van der Waals surface area (Å²) in [5.74, 6) is 0.914. The first-order valence-corrected chi connectivity index (χ1v) is 14.1. The smallest absolute Gasteiger partial charge is 0.248 e. The molecule has 0 saturated carbocycles. The van der Waals surface area contributed by atoms with Gasteiger partial charge in [0.25, 0.3) is 0 Å². The predicted molar refractivity (Wildman–Crippen MR) is 167 cm³/mol. The Hall–Kier alpha value is -4.46. The van der Waals surface area contributed by atoms with Crippen LogP contribution in [0, 0.1) is 0 Å². The van der Waals surface area contributed by atoms with Crippen LogP contribution in [-0.4, -0.2) is 43.7 Å². The molecule has 1 atom stereocenters. The number of ether oxygens (including phenoxy) is 3. The molecule has 2 amide bonds. The van der Waals surface area contributed by atoms with Crippen LogP contribution in [-0.2, 0) is 16.0 Å². The van der Waals surface area contributed by atoms with Crippen LogP contribution < -0.4 is 24.4 Å². The van der Waals surface area contributed by atoms with Gasteiger partial charge in [0.15, 0.2) is 11.5 Å². The Morgan fingerprint density at radius 1 is 0.881 bits per heavy atom. The summed E-state index contributed by atoms with van der Waals surface area (Å²) in [7, 11) is 4.57. The number of anilines is 1. The molecule has 4 rings (SSSR count). The van der Waals surface area contributed by atoms with Crippen molar-refractivity contribution >= 4 is 28.4 Å². The minimum absolute atomic E-state index is 0.0830. The number of amides is 2. The molecule has 1 heterocycles. The first-order valence-electron chi connectivity index (χ1n) is 14.1. The molecule has 8 nitrogen and oxygen atoms in total. The number of rotatable bonds is 10. The summed E-state index contributed by atoms with van der Waals surface area (Å²) >= 11 is 0. The van der Waals surface area contributed by atoms with Crippen molar-refractivity contribution in [1.82, 2.24) is 10.3 Å². The molecule has 0 spiro atoms. The van der Waals surface area contributed by atoms with E-state index in [9.17, 15) is 9.59 Å². The fourth-order valence-electron chi connectivity index (χ4n) is 5.10. The number of carbonyl (C=O) groups excluding carboxylic acids is 2. The lowest BCUT2D eigenvalue weighted by Crippen LogP contribution is -2.49. The van der Waals surface area contributed by atoms with Gasteiger partial charge < -0.3 is 24.5 Å². The topological polar surface area (TPSA) is 92.9 Å². The number of methoxy groups -OCH3 is 3. The van der Waals surface area contributed by atoms with Gasteiger partial charge in [0, 0.05) is 28.3 Å². The molecule has 3 aromatic carbocycles. The zero-order chi connectivity index (χ0) is 30.6. The minimum atomic E-state index is -1.04. The third kappa shape index (κ3) is 6.54. The van der Waals surface area contributed by atoms with Gasteiger partial charge in [-0.25, -0.2) is 0 Å². The molecule has 0 aliphatic carbocycles. The maximum Gasteiger partial charge on any atom is 0.248 e. The second kappa shape index (κ2) is 12.6. The van der Waals surface area contributed by atoms with Gasteiger partial charge in [0.1, 0.15) is 6.04 Å². The largest absolute Gasteiger partial charge is 0.493 e. The number of aromatic nitrogens is 1. The molecule has 0 saturated heterocycles. The molecule has 1 aromatic heterocycles. The molecule has 42 heavy (non-hydrogen) atoms. The van der Waals surface area contributed by atoms with E-state index in [2.05, 4.69) is 24.1 Å². The Morgan fingerprint density at radius 2 is 1.50 bits per heavy atom. The number of nitrogens with one attached hydrogen (secondary N) is 2. The Morgan fingerprint density at radius 3 is 2.05 bits per heavy atom. The van der Waals surface area contributed by atoms with Crippen molar-refractivity contribution in [2.45, 2.75) is 58.5 Å². The molecule has 0 aliphatic heterocycles. The molecule has 0 aliphatic rings. The minimum Gasteiger partial charge on any atom is -0.493 e. The van der Waals surface area contributed by atoms with E-state index in [0.717, 1.165) is 22.0 Å². The summed E-state index contributed by atoms with van der Waals surface area (Å²) in [5, 5.41) is 4.06. The van der Waals surface area contributed by atoms with Crippen molar-refractivity contribution in [3.8, 4) is 17.2 Å². The molecule has 0 fully saturated rings. The molecule has 0 radical (unpaired) electrons. The number of hydrogen-bond acceptors (Lipinski definition) is 5. The maximum absolute atomic E-state index is 14.4. The van der Waals surface area contributed by atoms with Gasteiger partial charge in [0.2, 0.25) is 17.6 Å². The number of hydrogen-bond donors (Lipinski definition) is 2. The Balaban J connectivity index is 1.92. The molecule has 4 aromatic rings. The van der Waals surface area contributed by atoms with E-state index < -0.39 is 11.6 Å². The van der Waals surface area contributed by atoms with E-state index in [4.69, 9.17) is 14.2 Å². The highest BCUT2D eigenvalue weighted by Gasteiger charge is 2.36. The summed E-state index contributed by atoms with van der Waals surface area (Å²) in [4.78, 5) is 33.5. The number of nitrogens with zero attached hydrogens (tertiary/aromatic N) is 1. The monoisotopic (exact) mass is 571 g/mol. The lowest BCUT2D eigenvalue weighted by atomic mass is 9.97. The number of H-pyrrole nitrogens is 1. The SMILES string of the molecule is COc1cc(C(C(=O)NC(C)(C)C)N(C(=O)Cc2c[nH]c3ccccc23)c2ccc(C(C)C)cc2)cc(OC)c1OC. The number of fused-ring (bicyclic) bond motifs is 1. The highest BCUT2D eigenvalue weighted by molar-refractivity contribution is 6.03. The summed E-state index contributed by atoms with van der Waals surface area (Å²) in [6.07, 6.45) is 1.94. The van der Waals surface area contributed by atoms with Crippen LogP contribution in [0.4, 0.5) is 5.69 Å². The average molecular weight is 572 g/mol. The van der Waals surface area contributed by atoms with Gasteiger partial charge in [-0.05, 0) is 73.7 Å². The van der Waals surface area contributed by atoms with Gasteiger partial charge in [0.05, 0.1) is 27.8 Å². The summed E-state index contributed by atoms with van der Waals surface area (Å²) < 4.78 is 16.8. The van der Waals surface area contributed by atoms with Crippen LogP contribution in [0.2, 0.25) is 0 Å². The van der Waals surface area contributed by atoms with Gasteiger partial charge in [-0.2, -0.15) is 0 Å². The molecular weight excluding hydrogens is 530 g/mol. The second-order valence-electron chi connectivity index (χ2n) is 11.6. The van der Waals surface area contributed by atoms with Crippen molar-refractivity contribution in [3.63, 3.8) is 0 Å². The number of aromatic amines is 1. The van der Waals surface area contributed by atoms with Crippen LogP contribution in [0.15, 0.2) is 66.9 Å². The lowest BCUT2D eigenvalue weighted by Gasteiger charge is -2.34. The highest BCUT2D eigenvalue weighted by atomic mass is 16.5. The third-order valence-corrected chi connectivity index (χ3v) is 7.13. The van der Waals surface area contributed by atoms with Crippen molar-refractivity contribution in [3.05, 3.63) is 83.6 Å². The number of carbonyl (C=O) groups is 2. The number of benzene rings is 3. The summed E-state index contributed by atoms with van der Waals surface area (Å²) in [6.45, 7) is 9.96. The molecule has 1 unspecified atom stereocenters. The average Bonchev–Trinajstić information content (AvgIpc) is 3.36. The van der Waals surface area contributed by atoms with Gasteiger partial charge >= 0.3 is 0 Å². The lowest BCUT2D eigenvalue weighted by molar-refractivity contribution is -0.127. The fraction of sp³-hybridized carbons (Fsp3) is 0.353. The van der Waals surface area contributed by atoms with E-state index >= 15 is 0 Å². The summed E-state index contributed by atoms with van der Waals surface area (Å²) in [5.41, 5.74) is 3.49. The van der Waals surface area contributed by atoms with Crippen molar-refractivity contribution in [2.24, 2.45) is 0 Å². The van der Waals surface area contributed by atoms with E-state index in [1.165, 1.54) is 21.3 Å². The van der Waals surface area contributed by atoms with Gasteiger partial charge in [-0.1, -0.05) is 44.2 Å². The molecule has 8 heteroatoms. The zero-order valence-corrected chi connectivity index (χ0v) is 25.7. The Labute approximate surface area is 248 Å². The van der Waals surface area contributed by atoms with Crippen LogP contribution >= 0.6 is 0 Å².